The minimum atomic E-state index is -0.850. The first-order valence-electron chi connectivity index (χ1n) is 15.6. The van der Waals surface area contributed by atoms with Gasteiger partial charge in [-0.25, -0.2) is 0 Å². The zero-order chi connectivity index (χ0) is 35.5. The van der Waals surface area contributed by atoms with Crippen LogP contribution in [0, 0.1) is 20.2 Å². The normalized spacial score (nSPS) is 15.4. The molecule has 13 nitrogen and oxygen atoms in total. The van der Waals surface area contributed by atoms with Gasteiger partial charge in [-0.1, -0.05) is 48.2 Å². The number of anilines is 1. The van der Waals surface area contributed by atoms with Crippen molar-refractivity contribution in [2.24, 2.45) is 0 Å². The standard InChI is InChI=1S/C36H30N6O7S/c1-23(36(45)37-17-19-40-33(43)14-15-34(40)44)27-12-10-24(20-31(27)42(48)49)22-39-18-16-25(28-7-3-4-8-29(28)39)6-5-9-35-38(2)30-13-11-26(41(46)47)21-32(30)50-35/h3-16,18,20-21,23H,17,19,22H2,1-2H3/p+1. The number of nitrogens with zero attached hydrogens (tertiary/aromatic N) is 5. The minimum Gasteiger partial charge on any atom is -0.354 e. The van der Waals surface area contributed by atoms with Gasteiger partial charge in [0.1, 0.15) is 0 Å². The van der Waals surface area contributed by atoms with Crippen LogP contribution in [-0.2, 0) is 20.9 Å². The van der Waals surface area contributed by atoms with Gasteiger partial charge in [-0.15, -0.1) is 0 Å². The molecule has 50 heavy (non-hydrogen) atoms. The van der Waals surface area contributed by atoms with Crippen molar-refractivity contribution in [3.8, 4) is 0 Å². The number of carbonyl (C=O) groups excluding carboxylic acids is 3. The van der Waals surface area contributed by atoms with Crippen molar-refractivity contribution in [3.05, 3.63) is 139 Å². The molecule has 252 valence electrons. The van der Waals surface area contributed by atoms with Crippen LogP contribution in [0.15, 0.2) is 107 Å². The van der Waals surface area contributed by atoms with Crippen molar-refractivity contribution in [1.29, 1.82) is 0 Å². The smallest absolute Gasteiger partial charge is 0.273 e. The van der Waals surface area contributed by atoms with Crippen molar-refractivity contribution in [2.75, 3.05) is 25.0 Å². The number of nitro benzene ring substituents is 2. The van der Waals surface area contributed by atoms with Crippen molar-refractivity contribution in [1.82, 2.24) is 10.2 Å². The molecular weight excluding hydrogens is 660 g/mol. The van der Waals surface area contributed by atoms with Crippen molar-refractivity contribution < 1.29 is 28.8 Å². The highest BCUT2D eigenvalue weighted by Gasteiger charge is 2.28. The molecule has 6 rings (SSSR count). The fraction of sp³-hybridized carbons (Fsp3) is 0.167. The summed E-state index contributed by atoms with van der Waals surface area (Å²) in [6.45, 7) is 1.94. The number of para-hydroxylation sites is 1. The molecule has 1 N–H and O–H groups in total. The van der Waals surface area contributed by atoms with E-state index in [9.17, 15) is 34.6 Å². The van der Waals surface area contributed by atoms with Crippen LogP contribution in [0.4, 0.5) is 17.1 Å². The van der Waals surface area contributed by atoms with Gasteiger partial charge >= 0.3 is 0 Å². The summed E-state index contributed by atoms with van der Waals surface area (Å²) in [6, 6.07) is 19.5. The van der Waals surface area contributed by atoms with Crippen LogP contribution < -0.4 is 14.8 Å². The quantitative estimate of drug-likeness (QED) is 0.0961. The van der Waals surface area contributed by atoms with E-state index in [1.165, 1.54) is 36.0 Å². The van der Waals surface area contributed by atoms with Gasteiger partial charge in [0.25, 0.3) is 23.2 Å². The summed E-state index contributed by atoms with van der Waals surface area (Å²) in [5.41, 5.74) is 3.58. The molecule has 0 radical (unpaired) electrons. The number of rotatable bonds is 11. The Kier molecular flexibility index (Phi) is 9.54. The van der Waals surface area contributed by atoms with Gasteiger partial charge in [0, 0.05) is 78.6 Å². The Balaban J connectivity index is 1.17. The summed E-state index contributed by atoms with van der Waals surface area (Å²) in [5.74, 6) is -2.21. The van der Waals surface area contributed by atoms with E-state index >= 15 is 0 Å². The number of amides is 3. The zero-order valence-corrected chi connectivity index (χ0v) is 27.8. The third kappa shape index (κ3) is 6.87. The molecule has 0 aliphatic carbocycles. The van der Waals surface area contributed by atoms with E-state index in [2.05, 4.69) is 5.32 Å². The number of thioether (sulfide) groups is 1. The SMILES string of the molecule is CC(C(=O)NCCN1C(=O)C=CC1=O)c1ccc(C[n+]2ccc(/C=C/C=C3\Sc4cc([N+](=O)[O-])ccc4N3C)c3ccccc32)cc1[N+](=O)[O-]. The van der Waals surface area contributed by atoms with Gasteiger partial charge in [-0.2, -0.15) is 4.57 Å². The maximum absolute atomic E-state index is 12.9. The molecule has 14 heteroatoms. The number of nitrogens with one attached hydrogen (secondary N) is 1. The lowest BCUT2D eigenvalue weighted by Gasteiger charge is -2.16. The van der Waals surface area contributed by atoms with Gasteiger partial charge in [0.15, 0.2) is 12.7 Å². The molecule has 1 aromatic heterocycles. The number of carbonyl (C=O) groups is 3. The number of hydrogen-bond acceptors (Lipinski definition) is 9. The fourth-order valence-corrected chi connectivity index (χ4v) is 6.99. The minimum absolute atomic E-state index is 0.00134. The lowest BCUT2D eigenvalue weighted by molar-refractivity contribution is -0.662. The van der Waals surface area contributed by atoms with E-state index in [1.54, 1.807) is 31.2 Å². The summed E-state index contributed by atoms with van der Waals surface area (Å²) >= 11 is 1.46. The van der Waals surface area contributed by atoms with Gasteiger partial charge in [0.2, 0.25) is 11.4 Å². The number of imide groups is 1. The molecule has 3 aromatic carbocycles. The van der Waals surface area contributed by atoms with E-state index < -0.39 is 33.5 Å². The average Bonchev–Trinajstić information content (AvgIpc) is 3.60. The summed E-state index contributed by atoms with van der Waals surface area (Å²) in [6.07, 6.45) is 10.1. The molecular formula is C36H31N6O7S+. The second-order valence-electron chi connectivity index (χ2n) is 11.7. The molecule has 2 aliphatic heterocycles. The Labute approximate surface area is 290 Å². The van der Waals surface area contributed by atoms with Gasteiger partial charge < -0.3 is 10.2 Å². The fourth-order valence-electron chi connectivity index (χ4n) is 5.89. The van der Waals surface area contributed by atoms with Crippen LogP contribution in [0.2, 0.25) is 0 Å². The number of hydrogen-bond donors (Lipinski definition) is 1. The predicted octanol–water partition coefficient (Wildman–Crippen LogP) is 5.23. The first-order chi connectivity index (χ1) is 24.0. The average molecular weight is 692 g/mol. The molecule has 3 heterocycles. The number of aromatic nitrogens is 1. The molecule has 0 spiro atoms. The number of allylic oxidation sites excluding steroid dienone is 2. The van der Waals surface area contributed by atoms with Crippen molar-refractivity contribution >= 4 is 63.5 Å². The Morgan fingerprint density at radius 2 is 1.76 bits per heavy atom. The molecule has 1 atom stereocenters. The Bertz CT molecular complexity index is 2160. The maximum Gasteiger partial charge on any atom is 0.273 e. The molecule has 0 bridgehead atoms. The summed E-state index contributed by atoms with van der Waals surface area (Å²) in [4.78, 5) is 62.6. The van der Waals surface area contributed by atoms with Gasteiger partial charge in [0.05, 0.1) is 31.9 Å². The largest absolute Gasteiger partial charge is 0.354 e. The highest BCUT2D eigenvalue weighted by Crippen LogP contribution is 2.46. The monoisotopic (exact) mass is 691 g/mol. The van der Waals surface area contributed by atoms with Crippen LogP contribution in [0.3, 0.4) is 0 Å². The molecule has 1 unspecified atom stereocenters. The number of non-ortho nitro benzene ring substituents is 1. The number of pyridine rings is 1. The maximum atomic E-state index is 12.9. The third-order valence-corrected chi connectivity index (χ3v) is 9.74. The van der Waals surface area contributed by atoms with Crippen molar-refractivity contribution in [2.45, 2.75) is 24.3 Å². The van der Waals surface area contributed by atoms with Gasteiger partial charge in [-0.05, 0) is 30.7 Å². The summed E-state index contributed by atoms with van der Waals surface area (Å²) < 4.78 is 2.00. The van der Waals surface area contributed by atoms with Crippen LogP contribution >= 0.6 is 11.8 Å². The van der Waals surface area contributed by atoms with E-state index in [0.29, 0.717) is 12.1 Å². The zero-order valence-electron chi connectivity index (χ0n) is 27.0. The Morgan fingerprint density at radius 1 is 1.00 bits per heavy atom. The predicted molar refractivity (Wildman–Crippen MR) is 188 cm³/mol. The Morgan fingerprint density at radius 3 is 2.50 bits per heavy atom. The van der Waals surface area contributed by atoms with Crippen LogP contribution in [-0.4, -0.2) is 52.6 Å². The van der Waals surface area contributed by atoms with E-state index in [1.807, 2.05) is 71.3 Å². The lowest BCUT2D eigenvalue weighted by atomic mass is 9.96. The van der Waals surface area contributed by atoms with Crippen molar-refractivity contribution in [3.63, 3.8) is 0 Å². The van der Waals surface area contributed by atoms with E-state index in [4.69, 9.17) is 0 Å². The highest BCUT2D eigenvalue weighted by molar-refractivity contribution is 8.03. The number of fused-ring (bicyclic) bond motifs is 2. The molecule has 0 fully saturated rings. The lowest BCUT2D eigenvalue weighted by Crippen LogP contribution is -2.39. The topological polar surface area (TPSA) is 160 Å². The molecule has 4 aromatic rings. The first kappa shape index (κ1) is 33.7. The van der Waals surface area contributed by atoms with Crippen LogP contribution in [0.25, 0.3) is 17.0 Å². The summed E-state index contributed by atoms with van der Waals surface area (Å²) in [5, 5.41) is 27.9. The molecule has 0 saturated carbocycles. The Hall–Kier alpha value is -6.15. The highest BCUT2D eigenvalue weighted by atomic mass is 32.2. The van der Waals surface area contributed by atoms with Gasteiger partial charge in [-0.3, -0.25) is 39.5 Å². The van der Waals surface area contributed by atoms with Crippen LogP contribution in [0.1, 0.15) is 29.5 Å². The first-order valence-corrected chi connectivity index (χ1v) is 16.4. The summed E-state index contributed by atoms with van der Waals surface area (Å²) in [7, 11) is 1.92. The van der Waals surface area contributed by atoms with E-state index in [0.717, 1.165) is 37.0 Å². The van der Waals surface area contributed by atoms with Crippen LogP contribution in [0.5, 0.6) is 0 Å². The van der Waals surface area contributed by atoms with E-state index in [-0.39, 0.29) is 30.0 Å². The number of nitro groups is 2. The number of benzene rings is 3. The molecule has 2 aliphatic rings. The second kappa shape index (κ2) is 14.1. The molecule has 3 amide bonds. The third-order valence-electron chi connectivity index (χ3n) is 8.57. The molecule has 0 saturated heterocycles. The second-order valence-corrected chi connectivity index (χ2v) is 12.7.